The van der Waals surface area contributed by atoms with Gasteiger partial charge < -0.3 is 0 Å². The van der Waals surface area contributed by atoms with Crippen LogP contribution in [0.1, 0.15) is 12.6 Å². The van der Waals surface area contributed by atoms with Crippen LogP contribution < -0.4 is 0 Å². The molecule has 0 fully saturated rings. The number of aromatic nitrogens is 2. The normalized spacial score (nSPS) is 12.6. The second-order valence-electron chi connectivity index (χ2n) is 3.96. The first-order valence-corrected chi connectivity index (χ1v) is 7.27. The van der Waals surface area contributed by atoms with Crippen molar-refractivity contribution in [3.05, 3.63) is 42.2 Å². The van der Waals surface area contributed by atoms with Crippen LogP contribution in [0.3, 0.4) is 0 Å². The zero-order chi connectivity index (χ0) is 15.0. The van der Waals surface area contributed by atoms with Crippen LogP contribution in [0.2, 0.25) is 0 Å². The van der Waals surface area contributed by atoms with E-state index in [0.29, 0.717) is 0 Å². The van der Waals surface area contributed by atoms with Crippen LogP contribution in [-0.2, 0) is 16.0 Å². The molecule has 0 atom stereocenters. The maximum Gasteiger partial charge on any atom is 0.435 e. The summed E-state index contributed by atoms with van der Waals surface area (Å²) in [4.78, 5) is -0.0680. The summed E-state index contributed by atoms with van der Waals surface area (Å²) >= 11 is 0. The summed E-state index contributed by atoms with van der Waals surface area (Å²) in [6.07, 6.45) is -3.41. The molecule has 4 nitrogen and oxygen atoms in total. The standard InChI is InChI=1S/C12H10F3N2O2S/c1-2-20(18,19)10-5-3-4-9(8-10)17-7-6-11(16-17)12(13,14)15/h3-4,6-8H,2H2,1H3. The second kappa shape index (κ2) is 4.93. The number of halogens is 3. The van der Waals surface area contributed by atoms with Gasteiger partial charge in [0.25, 0.3) is 0 Å². The van der Waals surface area contributed by atoms with Crippen molar-refractivity contribution in [3.63, 3.8) is 0 Å². The predicted molar refractivity (Wildman–Crippen MR) is 65.1 cm³/mol. The van der Waals surface area contributed by atoms with Gasteiger partial charge in [-0.2, -0.15) is 18.3 Å². The minimum absolute atomic E-state index is 0.0680. The van der Waals surface area contributed by atoms with Crippen LogP contribution in [0.25, 0.3) is 5.69 Å². The number of sulfone groups is 1. The van der Waals surface area contributed by atoms with Crippen molar-refractivity contribution < 1.29 is 21.6 Å². The Labute approximate surface area is 113 Å². The van der Waals surface area contributed by atoms with E-state index in [9.17, 15) is 21.6 Å². The van der Waals surface area contributed by atoms with E-state index in [2.05, 4.69) is 11.2 Å². The summed E-state index contributed by atoms with van der Waals surface area (Å²) in [5.74, 6) is -0.111. The quantitative estimate of drug-likeness (QED) is 0.875. The third-order valence-electron chi connectivity index (χ3n) is 2.62. The lowest BCUT2D eigenvalue weighted by molar-refractivity contribution is -0.141. The molecule has 2 aromatic rings. The van der Waals surface area contributed by atoms with Gasteiger partial charge in [0.15, 0.2) is 15.5 Å². The first kappa shape index (κ1) is 14.6. The van der Waals surface area contributed by atoms with Gasteiger partial charge >= 0.3 is 6.18 Å². The minimum atomic E-state index is -4.54. The van der Waals surface area contributed by atoms with Crippen LogP contribution in [0, 0.1) is 6.07 Å². The van der Waals surface area contributed by atoms with Crippen molar-refractivity contribution in [1.29, 1.82) is 0 Å². The fourth-order valence-corrected chi connectivity index (χ4v) is 2.39. The van der Waals surface area contributed by atoms with E-state index in [1.165, 1.54) is 25.1 Å². The number of hydrogen-bond donors (Lipinski definition) is 0. The second-order valence-corrected chi connectivity index (χ2v) is 6.20. The van der Waals surface area contributed by atoms with Gasteiger partial charge in [0, 0.05) is 12.3 Å². The molecule has 0 saturated carbocycles. The third kappa shape index (κ3) is 2.84. The Morgan fingerprint density at radius 3 is 2.60 bits per heavy atom. The number of benzene rings is 1. The molecular formula is C12H10F3N2O2S. The van der Waals surface area contributed by atoms with Crippen molar-refractivity contribution in [3.8, 4) is 5.69 Å². The van der Waals surface area contributed by atoms with Crippen molar-refractivity contribution >= 4 is 9.84 Å². The van der Waals surface area contributed by atoms with E-state index in [0.717, 1.165) is 16.9 Å². The molecule has 0 unspecified atom stereocenters. The molecule has 1 aromatic carbocycles. The Morgan fingerprint density at radius 2 is 2.05 bits per heavy atom. The maximum absolute atomic E-state index is 12.5. The molecule has 8 heteroatoms. The van der Waals surface area contributed by atoms with E-state index in [1.54, 1.807) is 0 Å². The molecule has 0 saturated heterocycles. The molecule has 0 aliphatic rings. The van der Waals surface area contributed by atoms with E-state index in [4.69, 9.17) is 0 Å². The van der Waals surface area contributed by atoms with Crippen molar-refractivity contribution in [2.24, 2.45) is 0 Å². The molecule has 0 N–H and O–H groups in total. The number of hydrogen-bond acceptors (Lipinski definition) is 3. The van der Waals surface area contributed by atoms with Crippen LogP contribution in [0.5, 0.6) is 0 Å². The molecule has 0 spiro atoms. The highest BCUT2D eigenvalue weighted by atomic mass is 32.2. The predicted octanol–water partition coefficient (Wildman–Crippen LogP) is 2.48. The van der Waals surface area contributed by atoms with Gasteiger partial charge in [-0.25, -0.2) is 13.1 Å². The Kier molecular flexibility index (Phi) is 3.59. The van der Waals surface area contributed by atoms with E-state index >= 15 is 0 Å². The summed E-state index contributed by atoms with van der Waals surface area (Å²) in [5, 5.41) is 3.38. The monoisotopic (exact) mass is 303 g/mol. The first-order valence-electron chi connectivity index (χ1n) is 5.62. The molecular weight excluding hydrogens is 293 g/mol. The van der Waals surface area contributed by atoms with Gasteiger partial charge in [0.2, 0.25) is 0 Å². The molecule has 0 bridgehead atoms. The lowest BCUT2D eigenvalue weighted by Crippen LogP contribution is -2.08. The fourth-order valence-electron chi connectivity index (χ4n) is 1.53. The van der Waals surface area contributed by atoms with E-state index in [-0.39, 0.29) is 16.3 Å². The van der Waals surface area contributed by atoms with Crippen molar-refractivity contribution in [2.45, 2.75) is 18.0 Å². The topological polar surface area (TPSA) is 52.0 Å². The van der Waals surface area contributed by atoms with E-state index < -0.39 is 21.7 Å². The average Bonchev–Trinajstić information content (AvgIpc) is 2.88. The highest BCUT2D eigenvalue weighted by Crippen LogP contribution is 2.28. The summed E-state index contributed by atoms with van der Waals surface area (Å²) in [7, 11) is -3.47. The highest BCUT2D eigenvalue weighted by molar-refractivity contribution is 7.91. The van der Waals surface area contributed by atoms with Gasteiger partial charge in [0.05, 0.1) is 16.3 Å². The third-order valence-corrected chi connectivity index (χ3v) is 4.28. The van der Waals surface area contributed by atoms with Gasteiger partial charge in [0.1, 0.15) is 0 Å². The molecule has 0 aliphatic heterocycles. The average molecular weight is 303 g/mol. The van der Waals surface area contributed by atoms with Crippen LogP contribution in [0.4, 0.5) is 13.2 Å². The maximum atomic E-state index is 12.5. The lowest BCUT2D eigenvalue weighted by Gasteiger charge is -2.05. The van der Waals surface area contributed by atoms with Crippen LogP contribution in [0.15, 0.2) is 35.4 Å². The smallest absolute Gasteiger partial charge is 0.240 e. The molecule has 0 amide bonds. The van der Waals surface area contributed by atoms with E-state index in [1.807, 2.05) is 0 Å². The fraction of sp³-hybridized carbons (Fsp3) is 0.250. The number of nitrogens with zero attached hydrogens (tertiary/aromatic N) is 2. The molecule has 20 heavy (non-hydrogen) atoms. The molecule has 107 valence electrons. The van der Waals surface area contributed by atoms with Crippen molar-refractivity contribution in [1.82, 2.24) is 9.78 Å². The Morgan fingerprint density at radius 1 is 1.35 bits per heavy atom. The zero-order valence-corrected chi connectivity index (χ0v) is 11.2. The SMILES string of the molecule is CCS(=O)(=O)c1[c]ccc(-n2ccc(C(F)(F)F)n2)c1. The van der Waals surface area contributed by atoms with Crippen LogP contribution in [-0.4, -0.2) is 24.0 Å². The molecule has 0 aliphatic carbocycles. The first-order chi connectivity index (χ1) is 9.24. The summed E-state index contributed by atoms with van der Waals surface area (Å²) in [6, 6.07) is 7.39. The minimum Gasteiger partial charge on any atom is -0.240 e. The summed E-state index contributed by atoms with van der Waals surface area (Å²) in [6.45, 7) is 1.48. The Hall–Kier alpha value is -1.83. The molecule has 1 radical (unpaired) electrons. The Balaban J connectivity index is 2.45. The van der Waals surface area contributed by atoms with Gasteiger partial charge in [-0.05, 0) is 18.2 Å². The van der Waals surface area contributed by atoms with Crippen molar-refractivity contribution in [2.75, 3.05) is 5.75 Å². The van der Waals surface area contributed by atoms with Gasteiger partial charge in [-0.1, -0.05) is 13.0 Å². The molecule has 2 rings (SSSR count). The summed E-state index contributed by atoms with van der Waals surface area (Å²) < 4.78 is 61.8. The highest BCUT2D eigenvalue weighted by Gasteiger charge is 2.33. The number of rotatable bonds is 3. The largest absolute Gasteiger partial charge is 0.435 e. The van der Waals surface area contributed by atoms with Gasteiger partial charge in [-0.3, -0.25) is 0 Å². The van der Waals surface area contributed by atoms with Crippen LogP contribution >= 0.6 is 0 Å². The van der Waals surface area contributed by atoms with Gasteiger partial charge in [-0.15, -0.1) is 0 Å². The number of alkyl halides is 3. The molecule has 1 aromatic heterocycles. The lowest BCUT2D eigenvalue weighted by atomic mass is 10.3. The summed E-state index contributed by atoms with van der Waals surface area (Å²) in [5.41, 5.74) is -0.809. The zero-order valence-electron chi connectivity index (χ0n) is 10.3. The molecule has 1 heterocycles. The Bertz CT molecular complexity index is 720.